The van der Waals surface area contributed by atoms with Gasteiger partial charge in [0.2, 0.25) is 0 Å². The molecular weight excluding hydrogens is 506 g/mol. The molecule has 0 amide bonds. The minimum atomic E-state index is -0.0363. The maximum Gasteiger partial charge on any atom is 0.167 e. The average molecular weight is 517 g/mol. The van der Waals surface area contributed by atoms with E-state index in [1.807, 2.05) is 6.92 Å². The highest BCUT2D eigenvalue weighted by atomic mass is 79.9. The third kappa shape index (κ3) is 4.49. The van der Waals surface area contributed by atoms with E-state index in [4.69, 9.17) is 39.5 Å². The van der Waals surface area contributed by atoms with Gasteiger partial charge in [-0.1, -0.05) is 34.8 Å². The van der Waals surface area contributed by atoms with Crippen LogP contribution in [-0.2, 0) is 0 Å². The van der Waals surface area contributed by atoms with Gasteiger partial charge in [0.05, 0.1) is 34.1 Å². The summed E-state index contributed by atoms with van der Waals surface area (Å²) in [6, 6.07) is 4.76. The molecule has 0 radical (unpaired) electrons. The van der Waals surface area contributed by atoms with Crippen LogP contribution in [0.1, 0.15) is 12.5 Å². The number of hydrazone groups is 1. The van der Waals surface area contributed by atoms with Crippen LogP contribution in [0, 0.1) is 0 Å². The smallest absolute Gasteiger partial charge is 0.167 e. The summed E-state index contributed by atoms with van der Waals surface area (Å²) < 4.78 is 6.73. The molecule has 0 aliphatic rings. The third-order valence-electron chi connectivity index (χ3n) is 2.87. The average Bonchev–Trinajstić information content (AvgIpc) is 2.50. The molecule has 2 N–H and O–H groups in total. The number of phenols is 1. The summed E-state index contributed by atoms with van der Waals surface area (Å²) in [5.74, 6) is 0.308. The molecule has 9 heteroatoms. The van der Waals surface area contributed by atoms with Crippen molar-refractivity contribution in [2.45, 2.75) is 6.92 Å². The highest BCUT2D eigenvalue weighted by Gasteiger charge is 2.15. The van der Waals surface area contributed by atoms with Gasteiger partial charge in [-0.15, -0.1) is 0 Å². The number of nitrogens with one attached hydrogen (secondary N) is 1. The fourth-order valence-electron chi connectivity index (χ4n) is 1.81. The molecule has 0 saturated carbocycles. The van der Waals surface area contributed by atoms with Crippen molar-refractivity contribution < 1.29 is 9.84 Å². The molecule has 128 valence electrons. The Morgan fingerprint density at radius 1 is 1.21 bits per heavy atom. The molecule has 0 saturated heterocycles. The first-order valence-electron chi connectivity index (χ1n) is 6.62. The highest BCUT2D eigenvalue weighted by molar-refractivity contribution is 9.13. The van der Waals surface area contributed by atoms with Gasteiger partial charge in [-0.05, 0) is 57.0 Å². The van der Waals surface area contributed by atoms with Gasteiger partial charge in [-0.25, -0.2) is 0 Å². The highest BCUT2D eigenvalue weighted by Crippen LogP contribution is 2.40. The molecule has 24 heavy (non-hydrogen) atoms. The number of ether oxygens (including phenoxy) is 1. The molecule has 2 aromatic rings. The van der Waals surface area contributed by atoms with Crippen molar-refractivity contribution in [1.29, 1.82) is 0 Å². The van der Waals surface area contributed by atoms with E-state index >= 15 is 0 Å². The Balaban J connectivity index is 2.33. The molecule has 0 aliphatic carbocycles. The SMILES string of the molecule is CCOc1cc(Br)c(Br)c(/C=N/Nc2c(Cl)cc(Cl)cc2Cl)c1O. The molecule has 0 atom stereocenters. The van der Waals surface area contributed by atoms with E-state index in [1.54, 1.807) is 18.2 Å². The number of anilines is 1. The lowest BCUT2D eigenvalue weighted by Gasteiger charge is -2.11. The first-order chi connectivity index (χ1) is 11.3. The van der Waals surface area contributed by atoms with Crippen molar-refractivity contribution in [3.8, 4) is 11.5 Å². The zero-order valence-corrected chi connectivity index (χ0v) is 17.6. The molecular formula is C15H11Br2Cl3N2O2. The maximum absolute atomic E-state index is 10.3. The Morgan fingerprint density at radius 2 is 1.83 bits per heavy atom. The van der Waals surface area contributed by atoms with Crippen molar-refractivity contribution in [3.05, 3.63) is 47.8 Å². The van der Waals surface area contributed by atoms with E-state index in [0.29, 0.717) is 47.6 Å². The van der Waals surface area contributed by atoms with Gasteiger partial charge in [-0.3, -0.25) is 5.43 Å². The summed E-state index contributed by atoms with van der Waals surface area (Å²) in [5, 5.41) is 15.5. The maximum atomic E-state index is 10.3. The number of phenolic OH excluding ortho intramolecular Hbond substituents is 1. The minimum absolute atomic E-state index is 0.0363. The van der Waals surface area contributed by atoms with Crippen molar-refractivity contribution in [3.63, 3.8) is 0 Å². The zero-order chi connectivity index (χ0) is 17.9. The number of hydrogen-bond donors (Lipinski definition) is 2. The number of hydrogen-bond acceptors (Lipinski definition) is 4. The summed E-state index contributed by atoms with van der Waals surface area (Å²) in [6.45, 7) is 2.25. The van der Waals surface area contributed by atoms with Crippen LogP contribution in [0.3, 0.4) is 0 Å². The molecule has 0 aromatic heterocycles. The van der Waals surface area contributed by atoms with Crippen LogP contribution in [-0.4, -0.2) is 17.9 Å². The van der Waals surface area contributed by atoms with Gasteiger partial charge < -0.3 is 9.84 Å². The first-order valence-corrected chi connectivity index (χ1v) is 9.34. The second-order valence-electron chi connectivity index (χ2n) is 4.48. The Bertz CT molecular complexity index is 778. The van der Waals surface area contributed by atoms with Crippen LogP contribution in [0.25, 0.3) is 0 Å². The molecule has 0 fully saturated rings. The standard InChI is InChI=1S/C15H11Br2Cl3N2O2/c1-2-24-12-5-9(16)13(17)8(15(12)23)6-21-22-14-10(19)3-7(18)4-11(14)20/h3-6,22-23H,2H2,1H3/b21-6+. The molecule has 0 bridgehead atoms. The second-order valence-corrected chi connectivity index (χ2v) is 7.38. The molecule has 4 nitrogen and oxygen atoms in total. The lowest BCUT2D eigenvalue weighted by Crippen LogP contribution is -1.97. The Morgan fingerprint density at radius 3 is 2.42 bits per heavy atom. The number of aromatic hydroxyl groups is 1. The fraction of sp³-hybridized carbons (Fsp3) is 0.133. The van der Waals surface area contributed by atoms with Crippen LogP contribution in [0.4, 0.5) is 5.69 Å². The first kappa shape index (κ1) is 19.7. The van der Waals surface area contributed by atoms with Gasteiger partial charge in [0.1, 0.15) is 0 Å². The van der Waals surface area contributed by atoms with Crippen molar-refractivity contribution in [2.24, 2.45) is 5.10 Å². The summed E-state index contributed by atoms with van der Waals surface area (Å²) in [6.07, 6.45) is 1.42. The van der Waals surface area contributed by atoms with Crippen molar-refractivity contribution >= 4 is 78.6 Å². The quantitative estimate of drug-likeness (QED) is 0.342. The Kier molecular flexibility index (Phi) is 7.07. The second kappa shape index (κ2) is 8.63. The van der Waals surface area contributed by atoms with Gasteiger partial charge in [-0.2, -0.15) is 5.10 Å². The predicted molar refractivity (Wildman–Crippen MR) is 107 cm³/mol. The fourth-order valence-corrected chi connectivity index (χ4v) is 3.53. The summed E-state index contributed by atoms with van der Waals surface area (Å²) in [4.78, 5) is 0. The van der Waals surface area contributed by atoms with Crippen LogP contribution >= 0.6 is 66.7 Å². The van der Waals surface area contributed by atoms with E-state index < -0.39 is 0 Å². The molecule has 2 rings (SSSR count). The van der Waals surface area contributed by atoms with Crippen LogP contribution < -0.4 is 10.2 Å². The number of nitrogens with zero attached hydrogens (tertiary/aromatic N) is 1. The molecule has 0 aliphatic heterocycles. The predicted octanol–water partition coefficient (Wildman–Crippen LogP) is 6.72. The lowest BCUT2D eigenvalue weighted by atomic mass is 10.2. The van der Waals surface area contributed by atoms with E-state index in [0.717, 1.165) is 0 Å². The van der Waals surface area contributed by atoms with E-state index in [2.05, 4.69) is 42.4 Å². The van der Waals surface area contributed by atoms with Gasteiger partial charge in [0.15, 0.2) is 11.5 Å². The monoisotopic (exact) mass is 514 g/mol. The zero-order valence-electron chi connectivity index (χ0n) is 12.2. The largest absolute Gasteiger partial charge is 0.504 e. The van der Waals surface area contributed by atoms with Gasteiger partial charge in [0, 0.05) is 14.0 Å². The molecule has 2 aromatic carbocycles. The van der Waals surface area contributed by atoms with Crippen LogP contribution in [0.2, 0.25) is 15.1 Å². The Labute approximate surface area is 171 Å². The van der Waals surface area contributed by atoms with Crippen LogP contribution in [0.15, 0.2) is 32.2 Å². The van der Waals surface area contributed by atoms with E-state index in [-0.39, 0.29) is 5.75 Å². The normalized spacial score (nSPS) is 11.1. The number of rotatable bonds is 5. The molecule has 0 spiro atoms. The van der Waals surface area contributed by atoms with E-state index in [9.17, 15) is 5.11 Å². The summed E-state index contributed by atoms with van der Waals surface area (Å²) in [5.41, 5.74) is 3.58. The third-order valence-corrected chi connectivity index (χ3v) is 5.70. The Hall–Kier alpha value is -0.660. The van der Waals surface area contributed by atoms with Crippen molar-refractivity contribution in [2.75, 3.05) is 12.0 Å². The number of halogens is 5. The van der Waals surface area contributed by atoms with Crippen molar-refractivity contribution in [1.82, 2.24) is 0 Å². The minimum Gasteiger partial charge on any atom is -0.504 e. The topological polar surface area (TPSA) is 53.8 Å². The molecule has 0 heterocycles. The number of benzene rings is 2. The van der Waals surface area contributed by atoms with Crippen LogP contribution in [0.5, 0.6) is 11.5 Å². The summed E-state index contributed by atoms with van der Waals surface area (Å²) >= 11 is 24.8. The summed E-state index contributed by atoms with van der Waals surface area (Å²) in [7, 11) is 0. The lowest BCUT2D eigenvalue weighted by molar-refractivity contribution is 0.317. The molecule has 0 unspecified atom stereocenters. The van der Waals surface area contributed by atoms with Gasteiger partial charge >= 0.3 is 0 Å². The van der Waals surface area contributed by atoms with Gasteiger partial charge in [0.25, 0.3) is 0 Å². The van der Waals surface area contributed by atoms with E-state index in [1.165, 1.54) is 6.21 Å².